The van der Waals surface area contributed by atoms with Crippen LogP contribution in [-0.4, -0.2) is 0 Å². The Balaban J connectivity index is 0.959. The Hall–Kier alpha value is -6.42. The molecule has 0 aliphatic heterocycles. The standard InChI is InChI=1S/C59H50N2S/c1-3-11-44(12-4-1)45-19-23-48(24-20-45)60(49-25-21-47(22-26-49)59-34-33-41-35-42(39-59)37-43(36-41)40-59)50-27-29-51(30-28-50)61(56-17-9-7-15-53(56)46-13-5-2-6-14-46)52-31-32-55-54-16-8-10-18-57(54)62-58(55)38-52/h1-32,38,41-43H,33-37,39-40H2. The quantitative estimate of drug-likeness (QED) is 0.143. The van der Waals surface area contributed by atoms with Gasteiger partial charge >= 0.3 is 0 Å². The number of rotatable bonds is 9. The first-order chi connectivity index (χ1) is 30.6. The van der Waals surface area contributed by atoms with Crippen molar-refractivity contribution in [1.82, 2.24) is 0 Å². The molecule has 13 rings (SSSR count). The summed E-state index contributed by atoms with van der Waals surface area (Å²) in [4.78, 5) is 4.89. The van der Waals surface area contributed by atoms with E-state index in [4.69, 9.17) is 0 Å². The van der Waals surface area contributed by atoms with Crippen LogP contribution >= 0.6 is 11.3 Å². The van der Waals surface area contributed by atoms with Gasteiger partial charge in [0.1, 0.15) is 0 Å². The Labute approximate surface area is 369 Å². The molecule has 2 atom stereocenters. The van der Waals surface area contributed by atoms with E-state index in [1.165, 1.54) is 93.1 Å². The molecule has 2 nitrogen and oxygen atoms in total. The van der Waals surface area contributed by atoms with E-state index < -0.39 is 0 Å². The van der Waals surface area contributed by atoms with Crippen molar-refractivity contribution in [2.75, 3.05) is 9.80 Å². The second kappa shape index (κ2) is 15.5. The number of benzene rings is 8. The van der Waals surface area contributed by atoms with E-state index >= 15 is 0 Å². The van der Waals surface area contributed by atoms with E-state index in [-0.39, 0.29) is 0 Å². The Bertz CT molecular complexity index is 2990. The fraction of sp³-hybridized carbons (Fsp3) is 0.186. The lowest BCUT2D eigenvalue weighted by Gasteiger charge is -2.45. The van der Waals surface area contributed by atoms with E-state index in [0.29, 0.717) is 5.41 Å². The van der Waals surface area contributed by atoms with Crippen LogP contribution in [0.3, 0.4) is 0 Å². The third-order valence-electron chi connectivity index (χ3n) is 14.6. The first-order valence-electron chi connectivity index (χ1n) is 22.7. The molecule has 0 spiro atoms. The van der Waals surface area contributed by atoms with Crippen molar-refractivity contribution in [2.24, 2.45) is 17.8 Å². The van der Waals surface area contributed by atoms with Gasteiger partial charge in [-0.05, 0) is 163 Å². The van der Waals surface area contributed by atoms with E-state index in [2.05, 4.69) is 210 Å². The zero-order chi connectivity index (χ0) is 41.0. The highest BCUT2D eigenvalue weighted by Crippen LogP contribution is 2.58. The third kappa shape index (κ3) is 6.71. The fourth-order valence-corrected chi connectivity index (χ4v) is 13.1. The molecular formula is C59H50N2S. The number of hydrogen-bond donors (Lipinski definition) is 0. The highest BCUT2D eigenvalue weighted by Gasteiger charge is 2.48. The molecule has 1 aromatic heterocycles. The minimum atomic E-state index is 0.347. The van der Waals surface area contributed by atoms with Crippen LogP contribution in [0.2, 0.25) is 0 Å². The first-order valence-corrected chi connectivity index (χ1v) is 23.5. The van der Waals surface area contributed by atoms with Gasteiger partial charge in [-0.25, -0.2) is 0 Å². The molecule has 4 aliphatic carbocycles. The number of thiophene rings is 1. The lowest BCUT2D eigenvalue weighted by Crippen LogP contribution is -2.37. The predicted molar refractivity (Wildman–Crippen MR) is 264 cm³/mol. The summed E-state index contributed by atoms with van der Waals surface area (Å²) in [6, 6.07) is 74.2. The summed E-state index contributed by atoms with van der Waals surface area (Å²) in [6.45, 7) is 0. The van der Waals surface area contributed by atoms with Crippen molar-refractivity contribution in [3.05, 3.63) is 206 Å². The van der Waals surface area contributed by atoms with Crippen LogP contribution in [-0.2, 0) is 5.41 Å². The molecule has 4 aliphatic rings. The maximum Gasteiger partial charge on any atom is 0.0540 e. The van der Waals surface area contributed by atoms with Crippen molar-refractivity contribution in [2.45, 2.75) is 50.4 Å². The van der Waals surface area contributed by atoms with Crippen LogP contribution in [0.15, 0.2) is 200 Å². The summed E-state index contributed by atoms with van der Waals surface area (Å²) in [6.07, 6.45) is 9.92. The Morgan fingerprint density at radius 2 is 0.919 bits per heavy atom. The molecule has 8 aromatic carbocycles. The van der Waals surface area contributed by atoms with Gasteiger partial charge in [-0.3, -0.25) is 0 Å². The van der Waals surface area contributed by atoms with Gasteiger partial charge in [0.25, 0.3) is 0 Å². The summed E-state index contributed by atoms with van der Waals surface area (Å²) in [7, 11) is 0. The first kappa shape index (κ1) is 37.4. The number of para-hydroxylation sites is 1. The predicted octanol–water partition coefficient (Wildman–Crippen LogP) is 17.2. The summed E-state index contributed by atoms with van der Waals surface area (Å²) in [5.41, 5.74) is 13.7. The average molecular weight is 819 g/mol. The SMILES string of the molecule is c1ccc(-c2ccc(N(c3ccc(N(c4ccc5c(c4)sc4ccccc45)c4ccccc4-c4ccccc4)cc3)c3ccc(C45CCC6CC(CC(C6)C4)C5)cc3)cc2)cc1. The van der Waals surface area contributed by atoms with Crippen LogP contribution in [0.1, 0.15) is 50.5 Å². The molecule has 2 unspecified atom stereocenters. The molecule has 4 bridgehead atoms. The zero-order valence-corrected chi connectivity index (χ0v) is 35.9. The van der Waals surface area contributed by atoms with Crippen LogP contribution in [0, 0.1) is 17.8 Å². The van der Waals surface area contributed by atoms with Crippen molar-refractivity contribution >= 4 is 65.6 Å². The van der Waals surface area contributed by atoms with Gasteiger partial charge in [-0.1, -0.05) is 127 Å². The summed E-state index contributed by atoms with van der Waals surface area (Å²) in [5, 5.41) is 2.62. The minimum absolute atomic E-state index is 0.347. The fourth-order valence-electron chi connectivity index (χ4n) is 11.9. The summed E-state index contributed by atoms with van der Waals surface area (Å²) in [5.74, 6) is 2.79. The van der Waals surface area contributed by atoms with Gasteiger partial charge in [-0.15, -0.1) is 11.3 Å². The van der Waals surface area contributed by atoms with Gasteiger partial charge in [0.15, 0.2) is 0 Å². The highest BCUT2D eigenvalue weighted by atomic mass is 32.1. The van der Waals surface area contributed by atoms with Gasteiger partial charge < -0.3 is 9.80 Å². The molecule has 4 saturated carbocycles. The van der Waals surface area contributed by atoms with E-state index in [9.17, 15) is 0 Å². The van der Waals surface area contributed by atoms with Gasteiger partial charge in [0.05, 0.1) is 5.69 Å². The lowest BCUT2D eigenvalue weighted by molar-refractivity contribution is 0.113. The Kier molecular flexibility index (Phi) is 9.33. The minimum Gasteiger partial charge on any atom is -0.311 e. The maximum atomic E-state index is 2.49. The smallest absolute Gasteiger partial charge is 0.0540 e. The summed E-state index contributed by atoms with van der Waals surface area (Å²) >= 11 is 1.87. The van der Waals surface area contributed by atoms with Crippen LogP contribution in [0.25, 0.3) is 42.4 Å². The molecule has 0 N–H and O–H groups in total. The molecule has 0 amide bonds. The molecule has 0 saturated heterocycles. The Morgan fingerprint density at radius 3 is 1.63 bits per heavy atom. The van der Waals surface area contributed by atoms with Gasteiger partial charge in [0.2, 0.25) is 0 Å². The molecule has 3 heteroatoms. The van der Waals surface area contributed by atoms with E-state index in [0.717, 1.165) is 46.2 Å². The van der Waals surface area contributed by atoms with Crippen LogP contribution in [0.4, 0.5) is 34.1 Å². The Morgan fingerprint density at radius 1 is 0.403 bits per heavy atom. The second-order valence-electron chi connectivity index (χ2n) is 18.3. The van der Waals surface area contributed by atoms with Crippen molar-refractivity contribution < 1.29 is 0 Å². The van der Waals surface area contributed by atoms with E-state index in [1.807, 2.05) is 11.3 Å². The van der Waals surface area contributed by atoms with Gasteiger partial charge in [-0.2, -0.15) is 0 Å². The number of nitrogens with zero attached hydrogens (tertiary/aromatic N) is 2. The molecular weight excluding hydrogens is 769 g/mol. The van der Waals surface area contributed by atoms with Crippen LogP contribution in [0.5, 0.6) is 0 Å². The zero-order valence-electron chi connectivity index (χ0n) is 35.0. The van der Waals surface area contributed by atoms with Crippen molar-refractivity contribution in [3.63, 3.8) is 0 Å². The number of fused-ring (bicyclic) bond motifs is 4. The monoisotopic (exact) mass is 818 g/mol. The maximum absolute atomic E-state index is 2.49. The summed E-state index contributed by atoms with van der Waals surface area (Å²) < 4.78 is 2.61. The highest BCUT2D eigenvalue weighted by molar-refractivity contribution is 7.25. The van der Waals surface area contributed by atoms with Gasteiger partial charge in [0, 0.05) is 54.2 Å². The molecule has 0 radical (unpaired) electrons. The number of anilines is 6. The second-order valence-corrected chi connectivity index (χ2v) is 19.4. The lowest BCUT2D eigenvalue weighted by atomic mass is 9.59. The normalized spacial score (nSPS) is 20.4. The molecule has 9 aromatic rings. The van der Waals surface area contributed by atoms with Crippen molar-refractivity contribution in [3.8, 4) is 22.3 Å². The average Bonchev–Trinajstić information content (AvgIpc) is 3.58. The molecule has 302 valence electrons. The van der Waals surface area contributed by atoms with Crippen molar-refractivity contribution in [1.29, 1.82) is 0 Å². The molecule has 4 fully saturated rings. The molecule has 1 heterocycles. The van der Waals surface area contributed by atoms with Crippen LogP contribution < -0.4 is 9.80 Å². The largest absolute Gasteiger partial charge is 0.311 e. The topological polar surface area (TPSA) is 6.48 Å². The molecule has 62 heavy (non-hydrogen) atoms. The number of hydrogen-bond acceptors (Lipinski definition) is 3. The third-order valence-corrected chi connectivity index (χ3v) is 15.7. The van der Waals surface area contributed by atoms with E-state index in [1.54, 1.807) is 5.56 Å².